The maximum atomic E-state index is 12.6. The molecule has 0 saturated carbocycles. The Morgan fingerprint density at radius 2 is 1.81 bits per heavy atom. The first-order valence-electron chi connectivity index (χ1n) is 9.75. The number of carbonyl (C=O) groups is 1. The fraction of sp³-hybridized carbons (Fsp3) is 0.435. The molecule has 26 heavy (non-hydrogen) atoms. The van der Waals surface area contributed by atoms with Crippen molar-refractivity contribution in [2.75, 3.05) is 0 Å². The second kappa shape index (κ2) is 8.39. The van der Waals surface area contributed by atoms with Crippen LogP contribution in [0.2, 0.25) is 0 Å². The maximum Gasteiger partial charge on any atom is 0.261 e. The molecule has 0 fully saturated rings. The number of hydrogen-bond acceptors (Lipinski definition) is 2. The van der Waals surface area contributed by atoms with Crippen LogP contribution in [0.15, 0.2) is 42.5 Å². The predicted molar refractivity (Wildman–Crippen MR) is 106 cm³/mol. The van der Waals surface area contributed by atoms with Crippen LogP contribution in [0, 0.1) is 0 Å². The number of benzene rings is 2. The van der Waals surface area contributed by atoms with Crippen LogP contribution < -0.4 is 10.1 Å². The molecule has 0 aliphatic heterocycles. The molecule has 0 aromatic heterocycles. The monoisotopic (exact) mass is 351 g/mol. The smallest absolute Gasteiger partial charge is 0.261 e. The maximum absolute atomic E-state index is 12.6. The minimum absolute atomic E-state index is 0.0257. The van der Waals surface area contributed by atoms with E-state index in [-0.39, 0.29) is 11.9 Å². The molecule has 0 bridgehead atoms. The largest absolute Gasteiger partial charge is 0.481 e. The molecule has 3 rings (SSSR count). The molecule has 0 spiro atoms. The highest BCUT2D eigenvalue weighted by atomic mass is 16.5. The summed E-state index contributed by atoms with van der Waals surface area (Å²) in [5.74, 6) is 0.709. The molecule has 2 unspecified atom stereocenters. The lowest BCUT2D eigenvalue weighted by atomic mass is 9.89. The van der Waals surface area contributed by atoms with E-state index in [1.807, 2.05) is 31.2 Å². The van der Waals surface area contributed by atoms with Gasteiger partial charge in [-0.25, -0.2) is 0 Å². The van der Waals surface area contributed by atoms with Crippen molar-refractivity contribution in [3.8, 4) is 5.75 Å². The van der Waals surface area contributed by atoms with Crippen molar-refractivity contribution in [3.05, 3.63) is 64.7 Å². The van der Waals surface area contributed by atoms with Crippen molar-refractivity contribution >= 4 is 5.91 Å². The van der Waals surface area contributed by atoms with Crippen LogP contribution in [-0.4, -0.2) is 12.0 Å². The van der Waals surface area contributed by atoms with Gasteiger partial charge in [0.2, 0.25) is 0 Å². The third kappa shape index (κ3) is 4.27. The highest BCUT2D eigenvalue weighted by Gasteiger charge is 2.19. The third-order valence-electron chi connectivity index (χ3n) is 5.26. The van der Waals surface area contributed by atoms with Crippen LogP contribution in [0.1, 0.15) is 61.9 Å². The molecule has 138 valence electrons. The normalized spacial score (nSPS) is 15.7. The van der Waals surface area contributed by atoms with Crippen molar-refractivity contribution in [3.63, 3.8) is 0 Å². The van der Waals surface area contributed by atoms with E-state index in [2.05, 4.69) is 30.4 Å². The van der Waals surface area contributed by atoms with E-state index in [1.165, 1.54) is 36.0 Å². The lowest BCUT2D eigenvalue weighted by Crippen LogP contribution is -2.38. The number of para-hydroxylation sites is 1. The van der Waals surface area contributed by atoms with Crippen molar-refractivity contribution in [1.82, 2.24) is 5.32 Å². The van der Waals surface area contributed by atoms with Gasteiger partial charge in [0.05, 0.1) is 6.04 Å². The van der Waals surface area contributed by atoms with E-state index in [0.717, 1.165) is 24.2 Å². The van der Waals surface area contributed by atoms with Gasteiger partial charge in [-0.15, -0.1) is 0 Å². The van der Waals surface area contributed by atoms with Crippen molar-refractivity contribution in [2.24, 2.45) is 0 Å². The van der Waals surface area contributed by atoms with Gasteiger partial charge in [-0.05, 0) is 74.3 Å². The third-order valence-corrected chi connectivity index (χ3v) is 5.26. The molecule has 1 N–H and O–H groups in total. The summed E-state index contributed by atoms with van der Waals surface area (Å²) in [6, 6.07) is 14.5. The summed E-state index contributed by atoms with van der Waals surface area (Å²) in [5, 5.41) is 3.10. The number of nitrogens with one attached hydrogen (secondary N) is 1. The number of rotatable bonds is 6. The van der Waals surface area contributed by atoms with Crippen molar-refractivity contribution in [1.29, 1.82) is 0 Å². The number of aryl methyl sites for hydroxylation is 3. The molecule has 3 heteroatoms. The molecule has 2 aromatic rings. The first kappa shape index (κ1) is 18.5. The number of ether oxygens (including phenoxy) is 1. The zero-order valence-electron chi connectivity index (χ0n) is 16.0. The Balaban J connectivity index is 1.63. The van der Waals surface area contributed by atoms with Crippen LogP contribution in [0.3, 0.4) is 0 Å². The van der Waals surface area contributed by atoms with Gasteiger partial charge in [0.15, 0.2) is 6.10 Å². The summed E-state index contributed by atoms with van der Waals surface area (Å²) < 4.78 is 5.91. The summed E-state index contributed by atoms with van der Waals surface area (Å²) >= 11 is 0. The fourth-order valence-corrected chi connectivity index (χ4v) is 3.59. The fourth-order valence-electron chi connectivity index (χ4n) is 3.59. The molecular weight excluding hydrogens is 322 g/mol. The number of fused-ring (bicyclic) bond motifs is 1. The number of hydrogen-bond donors (Lipinski definition) is 1. The van der Waals surface area contributed by atoms with Gasteiger partial charge >= 0.3 is 0 Å². The van der Waals surface area contributed by atoms with E-state index < -0.39 is 6.10 Å². The lowest BCUT2D eigenvalue weighted by molar-refractivity contribution is -0.127. The van der Waals surface area contributed by atoms with E-state index >= 15 is 0 Å². The zero-order chi connectivity index (χ0) is 18.5. The Bertz CT molecular complexity index is 769. The number of carbonyl (C=O) groups excluding carboxylic acids is 1. The molecular formula is C23H29NO2. The Labute approximate surface area is 156 Å². The van der Waals surface area contributed by atoms with Crippen LogP contribution in [-0.2, 0) is 24.1 Å². The predicted octanol–water partition coefficient (Wildman–Crippen LogP) is 4.77. The van der Waals surface area contributed by atoms with Crippen molar-refractivity contribution in [2.45, 2.75) is 65.0 Å². The Hall–Kier alpha value is -2.29. The van der Waals surface area contributed by atoms with Gasteiger partial charge in [0.25, 0.3) is 5.91 Å². The van der Waals surface area contributed by atoms with Gasteiger partial charge in [0, 0.05) is 0 Å². The number of amides is 1. The highest BCUT2D eigenvalue weighted by molar-refractivity contribution is 5.81. The summed E-state index contributed by atoms with van der Waals surface area (Å²) in [5.41, 5.74) is 5.19. The van der Waals surface area contributed by atoms with E-state index in [1.54, 1.807) is 6.92 Å². The molecule has 0 saturated heterocycles. The SMILES string of the molecule is CCc1ccccc1OC(C)C(=O)NC(C)c1ccc2c(c1)CCCC2. The highest BCUT2D eigenvalue weighted by Crippen LogP contribution is 2.25. The molecule has 0 heterocycles. The summed E-state index contributed by atoms with van der Waals surface area (Å²) in [6.07, 6.45) is 5.24. The van der Waals surface area contributed by atoms with Gasteiger partial charge < -0.3 is 10.1 Å². The van der Waals surface area contributed by atoms with Gasteiger partial charge in [0.1, 0.15) is 5.75 Å². The van der Waals surface area contributed by atoms with Gasteiger partial charge in [-0.1, -0.05) is 43.3 Å². The summed E-state index contributed by atoms with van der Waals surface area (Å²) in [7, 11) is 0. The van der Waals surface area contributed by atoms with Crippen LogP contribution in [0.25, 0.3) is 0 Å². The van der Waals surface area contributed by atoms with Crippen molar-refractivity contribution < 1.29 is 9.53 Å². The second-order valence-corrected chi connectivity index (χ2v) is 7.19. The average Bonchev–Trinajstić information content (AvgIpc) is 2.67. The molecule has 1 amide bonds. The molecule has 0 radical (unpaired) electrons. The topological polar surface area (TPSA) is 38.3 Å². The molecule has 1 aliphatic carbocycles. The molecule has 1 aliphatic rings. The van der Waals surface area contributed by atoms with E-state index in [9.17, 15) is 4.79 Å². The lowest BCUT2D eigenvalue weighted by Gasteiger charge is -2.22. The van der Waals surface area contributed by atoms with Crippen LogP contribution in [0.4, 0.5) is 0 Å². The molecule has 2 atom stereocenters. The second-order valence-electron chi connectivity index (χ2n) is 7.19. The Morgan fingerprint density at radius 1 is 1.08 bits per heavy atom. The summed E-state index contributed by atoms with van der Waals surface area (Å²) in [6.45, 7) is 5.93. The van der Waals surface area contributed by atoms with Gasteiger partial charge in [-0.2, -0.15) is 0 Å². The minimum Gasteiger partial charge on any atom is -0.481 e. The molecule has 3 nitrogen and oxygen atoms in total. The first-order valence-corrected chi connectivity index (χ1v) is 9.75. The van der Waals surface area contributed by atoms with E-state index in [4.69, 9.17) is 4.74 Å². The Kier molecular flexibility index (Phi) is 5.97. The van der Waals surface area contributed by atoms with E-state index in [0.29, 0.717) is 0 Å². The minimum atomic E-state index is -0.525. The molecule has 2 aromatic carbocycles. The Morgan fingerprint density at radius 3 is 2.58 bits per heavy atom. The average molecular weight is 351 g/mol. The van der Waals surface area contributed by atoms with Gasteiger partial charge in [-0.3, -0.25) is 4.79 Å². The first-order chi connectivity index (χ1) is 12.6. The zero-order valence-corrected chi connectivity index (χ0v) is 16.0. The van der Waals surface area contributed by atoms with Crippen LogP contribution in [0.5, 0.6) is 5.75 Å². The standard InChI is InChI=1S/C23H29NO2/c1-4-18-9-7-8-12-22(18)26-17(3)23(25)24-16(2)20-14-13-19-10-5-6-11-21(19)15-20/h7-9,12-17H,4-6,10-11H2,1-3H3,(H,24,25). The quantitative estimate of drug-likeness (QED) is 0.814. The summed E-state index contributed by atoms with van der Waals surface area (Å²) in [4.78, 5) is 12.6. The van der Waals surface area contributed by atoms with Crippen LogP contribution >= 0.6 is 0 Å².